The van der Waals surface area contributed by atoms with Gasteiger partial charge >= 0.3 is 5.97 Å². The van der Waals surface area contributed by atoms with Crippen molar-refractivity contribution in [1.82, 2.24) is 19.7 Å². The fourth-order valence-corrected chi connectivity index (χ4v) is 7.24. The SMILES string of the molecule is Cc1cc2nc(-c3ccc4c(c3)c(C3CN(C(C)C)C3)nn4C)sc2c(-c2ccc(Cl)cc2)c1[C@H](OC(C)(C)C)C(=O)O. The van der Waals surface area contributed by atoms with E-state index in [-0.39, 0.29) is 0 Å². The Morgan fingerprint density at radius 2 is 1.77 bits per heavy atom. The number of ether oxygens (including phenoxy) is 1. The second-order valence-corrected chi connectivity index (χ2v) is 14.2. The van der Waals surface area contributed by atoms with Gasteiger partial charge in [-0.25, -0.2) is 9.78 Å². The molecule has 43 heavy (non-hydrogen) atoms. The van der Waals surface area contributed by atoms with Gasteiger partial charge in [-0.3, -0.25) is 9.58 Å². The van der Waals surface area contributed by atoms with E-state index < -0.39 is 17.7 Å². The predicted molar refractivity (Wildman–Crippen MR) is 175 cm³/mol. The first-order valence-electron chi connectivity index (χ1n) is 14.6. The molecule has 6 rings (SSSR count). The summed E-state index contributed by atoms with van der Waals surface area (Å²) < 4.78 is 9.05. The lowest BCUT2D eigenvalue weighted by molar-refractivity contribution is -0.160. The molecule has 1 aliphatic heterocycles. The minimum Gasteiger partial charge on any atom is -0.479 e. The zero-order valence-electron chi connectivity index (χ0n) is 25.6. The summed E-state index contributed by atoms with van der Waals surface area (Å²) in [4.78, 5) is 20.2. The Morgan fingerprint density at radius 3 is 2.40 bits per heavy atom. The van der Waals surface area contributed by atoms with E-state index in [2.05, 4.69) is 36.9 Å². The number of carboxylic acids is 1. The smallest absolute Gasteiger partial charge is 0.337 e. The summed E-state index contributed by atoms with van der Waals surface area (Å²) in [6.45, 7) is 14.0. The number of hydrogen-bond acceptors (Lipinski definition) is 6. The van der Waals surface area contributed by atoms with Gasteiger partial charge in [0.15, 0.2) is 6.10 Å². The van der Waals surface area contributed by atoms with Crippen LogP contribution in [0.15, 0.2) is 48.5 Å². The van der Waals surface area contributed by atoms with Gasteiger partial charge in [0.25, 0.3) is 0 Å². The number of aliphatic carboxylic acids is 1. The number of thiazole rings is 1. The Kier molecular flexibility index (Phi) is 7.62. The van der Waals surface area contributed by atoms with Gasteiger partial charge in [0.2, 0.25) is 0 Å². The van der Waals surface area contributed by atoms with Crippen molar-refractivity contribution in [2.45, 2.75) is 65.2 Å². The molecule has 0 spiro atoms. The van der Waals surface area contributed by atoms with Gasteiger partial charge in [-0.1, -0.05) is 23.7 Å². The number of hydrogen-bond donors (Lipinski definition) is 1. The quantitative estimate of drug-likeness (QED) is 0.198. The first-order valence-corrected chi connectivity index (χ1v) is 15.8. The number of aromatic nitrogens is 3. The summed E-state index contributed by atoms with van der Waals surface area (Å²) in [6, 6.07) is 16.5. The van der Waals surface area contributed by atoms with Crippen LogP contribution in [0.2, 0.25) is 5.02 Å². The first-order chi connectivity index (χ1) is 20.3. The van der Waals surface area contributed by atoms with Crippen LogP contribution in [0.3, 0.4) is 0 Å². The van der Waals surface area contributed by atoms with Crippen molar-refractivity contribution in [3.63, 3.8) is 0 Å². The molecule has 224 valence electrons. The van der Waals surface area contributed by atoms with Crippen LogP contribution in [-0.2, 0) is 16.6 Å². The van der Waals surface area contributed by atoms with Crippen LogP contribution in [0.5, 0.6) is 0 Å². The monoisotopic (exact) mass is 616 g/mol. The second kappa shape index (κ2) is 11.0. The van der Waals surface area contributed by atoms with E-state index in [0.717, 1.165) is 67.2 Å². The van der Waals surface area contributed by atoms with E-state index in [0.29, 0.717) is 22.5 Å². The van der Waals surface area contributed by atoms with E-state index >= 15 is 0 Å². The number of benzene rings is 3. The van der Waals surface area contributed by atoms with Crippen LogP contribution in [0.4, 0.5) is 0 Å². The van der Waals surface area contributed by atoms with E-state index in [1.165, 1.54) is 0 Å². The van der Waals surface area contributed by atoms with Crippen molar-refractivity contribution in [3.8, 4) is 21.7 Å². The van der Waals surface area contributed by atoms with Crippen molar-refractivity contribution in [2.24, 2.45) is 7.05 Å². The Balaban J connectivity index is 1.52. The van der Waals surface area contributed by atoms with Gasteiger partial charge in [0.05, 0.1) is 27.0 Å². The molecule has 0 unspecified atom stereocenters. The van der Waals surface area contributed by atoms with Crippen LogP contribution in [-0.4, -0.2) is 55.5 Å². The van der Waals surface area contributed by atoms with Gasteiger partial charge in [0.1, 0.15) is 5.01 Å². The molecule has 1 aliphatic rings. The molecular weight excluding hydrogens is 580 g/mol. The summed E-state index contributed by atoms with van der Waals surface area (Å²) in [5.41, 5.74) is 6.56. The summed E-state index contributed by atoms with van der Waals surface area (Å²) in [6.07, 6.45) is -1.15. The number of nitrogens with zero attached hydrogens (tertiary/aromatic N) is 4. The lowest BCUT2D eigenvalue weighted by Gasteiger charge is -2.41. The maximum atomic E-state index is 12.7. The van der Waals surface area contributed by atoms with E-state index in [1.807, 2.05) is 69.8 Å². The lowest BCUT2D eigenvalue weighted by atomic mass is 9.91. The van der Waals surface area contributed by atoms with Crippen molar-refractivity contribution in [1.29, 1.82) is 0 Å². The highest BCUT2D eigenvalue weighted by Crippen LogP contribution is 2.45. The van der Waals surface area contributed by atoms with Gasteiger partial charge in [-0.05, 0) is 89.1 Å². The molecule has 9 heteroatoms. The highest BCUT2D eigenvalue weighted by molar-refractivity contribution is 7.22. The standard InChI is InChI=1S/C34H37ClN4O3S/c1-18(2)39-16-22(17-39)29-24-15-21(10-13-26(24)38(7)37-29)32-36-25-14-19(3)27(30(33(40)41)42-34(4,5)6)28(31(25)43-32)20-8-11-23(35)12-9-20/h8-15,18,22,30H,16-17H2,1-7H3,(H,40,41)/t30-/m0/s1. The fourth-order valence-electron chi connectivity index (χ4n) is 6.00. The lowest BCUT2D eigenvalue weighted by Crippen LogP contribution is -2.48. The topological polar surface area (TPSA) is 80.5 Å². The number of aryl methyl sites for hydroxylation is 2. The molecule has 1 fully saturated rings. The number of rotatable bonds is 7. The highest BCUT2D eigenvalue weighted by atomic mass is 35.5. The van der Waals surface area contributed by atoms with Crippen molar-refractivity contribution >= 4 is 50.0 Å². The summed E-state index contributed by atoms with van der Waals surface area (Å²) in [7, 11) is 2.00. The van der Waals surface area contributed by atoms with Crippen LogP contribution < -0.4 is 0 Å². The largest absolute Gasteiger partial charge is 0.479 e. The van der Waals surface area contributed by atoms with Crippen molar-refractivity contribution in [2.75, 3.05) is 13.1 Å². The number of likely N-dealkylation sites (tertiary alicyclic amines) is 1. The molecule has 1 atom stereocenters. The van der Waals surface area contributed by atoms with Gasteiger partial charge in [-0.15, -0.1) is 11.3 Å². The Bertz CT molecular complexity index is 1850. The average Bonchev–Trinajstić information content (AvgIpc) is 3.46. The van der Waals surface area contributed by atoms with Gasteiger partial charge < -0.3 is 9.84 Å². The summed E-state index contributed by atoms with van der Waals surface area (Å²) in [5, 5.41) is 17.9. The van der Waals surface area contributed by atoms with E-state index in [9.17, 15) is 9.90 Å². The molecule has 0 radical (unpaired) electrons. The molecule has 3 heterocycles. The molecule has 0 bridgehead atoms. The van der Waals surface area contributed by atoms with Crippen LogP contribution in [0.25, 0.3) is 42.8 Å². The predicted octanol–water partition coefficient (Wildman–Crippen LogP) is 8.23. The highest BCUT2D eigenvalue weighted by Gasteiger charge is 2.34. The number of carboxylic acid groups (broad SMARTS) is 1. The molecular formula is C34H37ClN4O3S. The van der Waals surface area contributed by atoms with Crippen molar-refractivity contribution < 1.29 is 14.6 Å². The summed E-state index contributed by atoms with van der Waals surface area (Å²) in [5.74, 6) is -0.617. The minimum absolute atomic E-state index is 0.411. The summed E-state index contributed by atoms with van der Waals surface area (Å²) >= 11 is 7.83. The second-order valence-electron chi connectivity index (χ2n) is 12.8. The van der Waals surface area contributed by atoms with Gasteiger partial charge in [0, 0.05) is 59.2 Å². The number of carbonyl (C=O) groups is 1. The van der Waals surface area contributed by atoms with Crippen LogP contribution >= 0.6 is 22.9 Å². The molecule has 7 nitrogen and oxygen atoms in total. The Hall–Kier alpha value is -3.30. The molecule has 0 aliphatic carbocycles. The van der Waals surface area contributed by atoms with Crippen LogP contribution in [0, 0.1) is 6.92 Å². The Labute approximate surface area is 261 Å². The number of halogens is 1. The fraction of sp³-hybridized carbons (Fsp3) is 0.382. The Morgan fingerprint density at radius 1 is 1.09 bits per heavy atom. The molecule has 5 aromatic rings. The molecule has 0 amide bonds. The van der Waals surface area contributed by atoms with E-state index in [4.69, 9.17) is 26.4 Å². The molecule has 0 saturated carbocycles. The van der Waals surface area contributed by atoms with Crippen LogP contribution in [0.1, 0.15) is 63.5 Å². The normalized spacial score (nSPS) is 15.5. The van der Waals surface area contributed by atoms with Crippen molar-refractivity contribution in [3.05, 3.63) is 70.4 Å². The van der Waals surface area contributed by atoms with E-state index in [1.54, 1.807) is 11.3 Å². The third-order valence-electron chi connectivity index (χ3n) is 8.17. The molecule has 1 saturated heterocycles. The first kappa shape index (κ1) is 29.8. The van der Waals surface area contributed by atoms with Gasteiger partial charge in [-0.2, -0.15) is 5.10 Å². The third kappa shape index (κ3) is 5.57. The molecule has 2 aromatic heterocycles. The average molecular weight is 617 g/mol. The molecule has 1 N–H and O–H groups in total. The zero-order chi connectivity index (χ0) is 30.8. The maximum Gasteiger partial charge on any atom is 0.337 e. The zero-order valence-corrected chi connectivity index (χ0v) is 27.2. The maximum absolute atomic E-state index is 12.7. The minimum atomic E-state index is -1.15. The number of fused-ring (bicyclic) bond motifs is 2. The third-order valence-corrected chi connectivity index (χ3v) is 9.56. The molecule has 3 aromatic carbocycles.